The van der Waals surface area contributed by atoms with Crippen LogP contribution in [0.1, 0.15) is 58.3 Å². The van der Waals surface area contributed by atoms with E-state index in [1.54, 1.807) is 23.5 Å². The summed E-state index contributed by atoms with van der Waals surface area (Å²) in [6, 6.07) is 0. The SMILES string of the molecule is CC(SC1CCCC1)(SC1CCCC1)C(=O)[O-].[Na+]. The molecular weight excluding hydrogens is 275 g/mol. The van der Waals surface area contributed by atoms with Gasteiger partial charge in [0.25, 0.3) is 0 Å². The van der Waals surface area contributed by atoms with E-state index in [0.717, 1.165) is 0 Å². The van der Waals surface area contributed by atoms with E-state index < -0.39 is 10.0 Å². The molecule has 0 aromatic rings. The summed E-state index contributed by atoms with van der Waals surface area (Å²) < 4.78 is -0.732. The molecule has 0 aromatic heterocycles. The molecule has 2 nitrogen and oxygen atoms in total. The summed E-state index contributed by atoms with van der Waals surface area (Å²) >= 11 is 3.30. The summed E-state index contributed by atoms with van der Waals surface area (Å²) in [5.74, 6) is -0.883. The molecule has 2 fully saturated rings. The average Bonchev–Trinajstić information content (AvgIpc) is 2.90. The summed E-state index contributed by atoms with van der Waals surface area (Å²) in [5, 5.41) is 12.5. The number of hydrogen-bond donors (Lipinski definition) is 0. The predicted molar refractivity (Wildman–Crippen MR) is 73.1 cm³/mol. The quantitative estimate of drug-likeness (QED) is 0.521. The Hall–Kier alpha value is 1.17. The molecule has 0 heterocycles. The maximum atomic E-state index is 11.4. The largest absolute Gasteiger partial charge is 1.00 e. The van der Waals surface area contributed by atoms with Crippen LogP contribution in [0.15, 0.2) is 0 Å². The first-order valence-electron chi connectivity index (χ1n) is 6.67. The van der Waals surface area contributed by atoms with Gasteiger partial charge in [0, 0.05) is 10.5 Å². The van der Waals surface area contributed by atoms with Crippen LogP contribution < -0.4 is 34.7 Å². The molecule has 0 spiro atoms. The fourth-order valence-corrected chi connectivity index (χ4v) is 6.41. The second-order valence-corrected chi connectivity index (χ2v) is 8.98. The first-order valence-corrected chi connectivity index (χ1v) is 8.43. The first-order chi connectivity index (χ1) is 8.10. The van der Waals surface area contributed by atoms with E-state index in [-0.39, 0.29) is 29.6 Å². The van der Waals surface area contributed by atoms with Gasteiger partial charge in [-0.15, -0.1) is 23.5 Å². The molecule has 0 radical (unpaired) electrons. The zero-order valence-electron chi connectivity index (χ0n) is 11.4. The van der Waals surface area contributed by atoms with Crippen molar-refractivity contribution in [2.45, 2.75) is 72.9 Å². The van der Waals surface area contributed by atoms with Gasteiger partial charge in [0.2, 0.25) is 0 Å². The summed E-state index contributed by atoms with van der Waals surface area (Å²) in [7, 11) is 0. The van der Waals surface area contributed by atoms with E-state index in [1.165, 1.54) is 51.4 Å². The Morgan fingerprint density at radius 1 is 1.00 bits per heavy atom. The van der Waals surface area contributed by atoms with Crippen LogP contribution in [0.3, 0.4) is 0 Å². The van der Waals surface area contributed by atoms with Crippen LogP contribution in [-0.4, -0.2) is 20.5 Å². The Kier molecular flexibility index (Phi) is 7.48. The number of carbonyl (C=O) groups is 1. The van der Waals surface area contributed by atoms with Crippen molar-refractivity contribution in [2.24, 2.45) is 0 Å². The summed E-state index contributed by atoms with van der Waals surface area (Å²) in [4.78, 5) is 11.4. The van der Waals surface area contributed by atoms with Gasteiger partial charge < -0.3 is 9.90 Å². The monoisotopic (exact) mass is 296 g/mol. The van der Waals surface area contributed by atoms with Gasteiger partial charge in [0.1, 0.15) is 0 Å². The molecule has 0 aliphatic heterocycles. The van der Waals surface area contributed by atoms with Gasteiger partial charge in [-0.3, -0.25) is 0 Å². The molecular formula is C13H21NaO2S2. The fraction of sp³-hybridized carbons (Fsp3) is 0.923. The zero-order chi connectivity index (χ0) is 12.3. The molecule has 5 heteroatoms. The van der Waals surface area contributed by atoms with E-state index in [9.17, 15) is 9.90 Å². The van der Waals surface area contributed by atoms with Crippen LogP contribution in [0.25, 0.3) is 0 Å². The van der Waals surface area contributed by atoms with Crippen LogP contribution in [0, 0.1) is 0 Å². The minimum absolute atomic E-state index is 0. The van der Waals surface area contributed by atoms with Crippen molar-refractivity contribution >= 4 is 29.5 Å². The Bertz CT molecular complexity index is 256. The Morgan fingerprint density at radius 2 is 1.33 bits per heavy atom. The fourth-order valence-electron chi connectivity index (χ4n) is 2.77. The minimum Gasteiger partial charge on any atom is -0.548 e. The third kappa shape index (κ3) is 4.62. The molecule has 0 N–H and O–H groups in total. The second kappa shape index (κ2) is 7.82. The molecule has 18 heavy (non-hydrogen) atoms. The molecule has 0 aromatic carbocycles. The topological polar surface area (TPSA) is 40.1 Å². The number of carbonyl (C=O) groups excluding carboxylic acids is 1. The molecule has 0 amide bonds. The van der Waals surface area contributed by atoms with Gasteiger partial charge in [-0.25, -0.2) is 0 Å². The van der Waals surface area contributed by atoms with Crippen molar-refractivity contribution in [1.82, 2.24) is 0 Å². The molecule has 2 aliphatic rings. The van der Waals surface area contributed by atoms with Gasteiger partial charge in [-0.2, -0.15) is 0 Å². The van der Waals surface area contributed by atoms with Gasteiger partial charge in [0.15, 0.2) is 0 Å². The van der Waals surface area contributed by atoms with Crippen molar-refractivity contribution in [1.29, 1.82) is 0 Å². The molecule has 0 bridgehead atoms. The summed E-state index contributed by atoms with van der Waals surface area (Å²) in [6.07, 6.45) is 9.75. The Balaban J connectivity index is 0.00000162. The van der Waals surface area contributed by atoms with Crippen LogP contribution in [0.4, 0.5) is 0 Å². The minimum atomic E-state index is -0.883. The van der Waals surface area contributed by atoms with Gasteiger partial charge >= 0.3 is 29.6 Å². The van der Waals surface area contributed by atoms with Crippen molar-refractivity contribution in [3.63, 3.8) is 0 Å². The predicted octanol–water partition coefficient (Wildman–Crippen LogP) is -0.192. The number of carboxylic acids is 1. The molecule has 0 atom stereocenters. The van der Waals surface area contributed by atoms with E-state index in [2.05, 4.69) is 0 Å². The molecule has 2 aliphatic carbocycles. The van der Waals surface area contributed by atoms with Crippen LogP contribution >= 0.6 is 23.5 Å². The molecule has 0 saturated heterocycles. The van der Waals surface area contributed by atoms with Crippen molar-refractivity contribution in [3.8, 4) is 0 Å². The molecule has 2 rings (SSSR count). The van der Waals surface area contributed by atoms with Crippen LogP contribution in [-0.2, 0) is 4.79 Å². The number of carboxylic acid groups (broad SMARTS) is 1. The molecule has 98 valence electrons. The van der Waals surface area contributed by atoms with E-state index >= 15 is 0 Å². The first kappa shape index (κ1) is 17.2. The third-order valence-corrected chi connectivity index (χ3v) is 7.18. The Labute approximate surface area is 141 Å². The number of rotatable bonds is 5. The maximum Gasteiger partial charge on any atom is 1.00 e. The number of hydrogen-bond acceptors (Lipinski definition) is 4. The average molecular weight is 296 g/mol. The van der Waals surface area contributed by atoms with Gasteiger partial charge in [-0.1, -0.05) is 25.7 Å². The van der Waals surface area contributed by atoms with Crippen molar-refractivity contribution in [2.75, 3.05) is 0 Å². The van der Waals surface area contributed by atoms with Crippen LogP contribution in [0.5, 0.6) is 0 Å². The zero-order valence-corrected chi connectivity index (χ0v) is 15.1. The molecule has 0 unspecified atom stereocenters. The number of thioether (sulfide) groups is 2. The van der Waals surface area contributed by atoms with Gasteiger partial charge in [0.05, 0.1) is 10.0 Å². The van der Waals surface area contributed by atoms with E-state index in [1.807, 2.05) is 6.92 Å². The third-order valence-electron chi connectivity index (χ3n) is 3.76. The van der Waals surface area contributed by atoms with E-state index in [4.69, 9.17) is 0 Å². The summed E-state index contributed by atoms with van der Waals surface area (Å²) in [5.41, 5.74) is 0. The maximum absolute atomic E-state index is 11.4. The smallest absolute Gasteiger partial charge is 0.548 e. The summed E-state index contributed by atoms with van der Waals surface area (Å²) in [6.45, 7) is 1.86. The van der Waals surface area contributed by atoms with Gasteiger partial charge in [-0.05, 0) is 32.6 Å². The standard InChI is InChI=1S/C13H22O2S2.Na/c1-13(12(14)15,16-10-6-2-3-7-10)17-11-8-4-5-9-11;/h10-11H,2-9H2,1H3,(H,14,15);/q;+1/p-1. The molecule has 2 saturated carbocycles. The van der Waals surface area contributed by atoms with Crippen molar-refractivity contribution < 1.29 is 39.5 Å². The van der Waals surface area contributed by atoms with Crippen LogP contribution in [0.2, 0.25) is 0 Å². The normalized spacial score (nSPS) is 22.1. The van der Waals surface area contributed by atoms with E-state index in [0.29, 0.717) is 10.5 Å². The van der Waals surface area contributed by atoms with Crippen molar-refractivity contribution in [3.05, 3.63) is 0 Å². The Morgan fingerprint density at radius 3 is 1.61 bits per heavy atom. The number of aliphatic carboxylic acids is 1. The second-order valence-electron chi connectivity index (χ2n) is 5.28.